The van der Waals surface area contributed by atoms with Crippen molar-refractivity contribution in [1.82, 2.24) is 20.6 Å². The molecule has 2 aromatic carbocycles. The first-order chi connectivity index (χ1) is 17.4. The summed E-state index contributed by atoms with van der Waals surface area (Å²) in [4.78, 5) is 56.1. The maximum atomic E-state index is 12.5. The van der Waals surface area contributed by atoms with Crippen LogP contribution in [-0.4, -0.2) is 45.2 Å². The largest absolute Gasteiger partial charge is 0.481 e. The molecule has 2 heterocycles. The predicted octanol–water partition coefficient (Wildman–Crippen LogP) is 3.14. The van der Waals surface area contributed by atoms with Gasteiger partial charge in [-0.1, -0.05) is 12.1 Å². The molecule has 10 nitrogen and oxygen atoms in total. The highest BCUT2D eigenvalue weighted by Crippen LogP contribution is 2.18. The number of carboxylic acids is 1. The average molecular weight is 504 g/mol. The molecule has 0 saturated heterocycles. The molecule has 182 valence electrons. The molecule has 2 aromatic heterocycles. The Morgan fingerprint density at radius 1 is 1.00 bits per heavy atom. The Kier molecular flexibility index (Phi) is 7.61. The molecular formula is C25H21N5O5S. The summed E-state index contributed by atoms with van der Waals surface area (Å²) in [7, 11) is 0. The molecule has 0 radical (unpaired) electrons. The second kappa shape index (κ2) is 11.2. The number of carbonyl (C=O) groups excluding carboxylic acids is 3. The van der Waals surface area contributed by atoms with Crippen LogP contribution in [0.25, 0.3) is 11.0 Å². The average Bonchev–Trinajstić information content (AvgIpc) is 3.36. The number of carbonyl (C=O) groups is 4. The summed E-state index contributed by atoms with van der Waals surface area (Å²) in [5.41, 5.74) is 3.07. The molecule has 11 heteroatoms. The number of fused-ring (bicyclic) bond motifs is 1. The van der Waals surface area contributed by atoms with E-state index in [0.29, 0.717) is 17.7 Å². The first-order valence-corrected chi connectivity index (χ1v) is 11.7. The van der Waals surface area contributed by atoms with Crippen molar-refractivity contribution in [2.75, 3.05) is 5.32 Å². The number of amides is 2. The van der Waals surface area contributed by atoms with Crippen molar-refractivity contribution in [1.29, 1.82) is 0 Å². The lowest BCUT2D eigenvalue weighted by atomic mass is 10.2. The SMILES string of the molecule is O=C[C@H](CC(=O)O)NC(=O)c1csc(CNC(=O)c2ccc(Nc3cnc4ccccc4n3)cc2)c1. The Morgan fingerprint density at radius 3 is 2.47 bits per heavy atom. The van der Waals surface area contributed by atoms with Crippen LogP contribution in [0.4, 0.5) is 11.5 Å². The summed E-state index contributed by atoms with van der Waals surface area (Å²) in [6.07, 6.45) is 1.53. The fourth-order valence-electron chi connectivity index (χ4n) is 3.31. The molecule has 0 fully saturated rings. The highest BCUT2D eigenvalue weighted by Gasteiger charge is 2.17. The zero-order chi connectivity index (χ0) is 25.5. The van der Waals surface area contributed by atoms with E-state index in [-0.39, 0.29) is 18.0 Å². The van der Waals surface area contributed by atoms with Gasteiger partial charge in [0.15, 0.2) is 0 Å². The maximum absolute atomic E-state index is 12.5. The second-order valence-electron chi connectivity index (χ2n) is 7.74. The van der Waals surface area contributed by atoms with Crippen LogP contribution in [0, 0.1) is 0 Å². The Balaban J connectivity index is 1.30. The molecular weight excluding hydrogens is 482 g/mol. The van der Waals surface area contributed by atoms with E-state index >= 15 is 0 Å². The number of para-hydroxylation sites is 2. The minimum absolute atomic E-state index is 0.204. The van der Waals surface area contributed by atoms with Gasteiger partial charge in [-0.3, -0.25) is 19.4 Å². The fraction of sp³-hybridized carbons (Fsp3) is 0.120. The van der Waals surface area contributed by atoms with Crippen molar-refractivity contribution in [3.05, 3.63) is 82.2 Å². The third-order valence-electron chi connectivity index (χ3n) is 5.08. The van der Waals surface area contributed by atoms with E-state index in [1.807, 2.05) is 24.3 Å². The van der Waals surface area contributed by atoms with Crippen molar-refractivity contribution >= 4 is 57.9 Å². The Morgan fingerprint density at radius 2 is 1.75 bits per heavy atom. The molecule has 1 atom stereocenters. The molecule has 0 aliphatic heterocycles. The quantitative estimate of drug-likeness (QED) is 0.241. The second-order valence-corrected chi connectivity index (χ2v) is 8.74. The maximum Gasteiger partial charge on any atom is 0.305 e. The summed E-state index contributed by atoms with van der Waals surface area (Å²) in [6, 6.07) is 14.9. The molecule has 36 heavy (non-hydrogen) atoms. The number of aromatic nitrogens is 2. The van der Waals surface area contributed by atoms with Gasteiger partial charge >= 0.3 is 5.97 Å². The Labute approximate surface area is 209 Å². The minimum atomic E-state index is -1.19. The third kappa shape index (κ3) is 6.27. The molecule has 0 spiro atoms. The molecule has 0 aliphatic rings. The van der Waals surface area contributed by atoms with Crippen LogP contribution in [0.1, 0.15) is 32.0 Å². The molecule has 2 amide bonds. The van der Waals surface area contributed by atoms with Crippen LogP contribution in [0.5, 0.6) is 0 Å². The normalized spacial score (nSPS) is 11.4. The number of hydrogen-bond donors (Lipinski definition) is 4. The van der Waals surface area contributed by atoms with E-state index in [2.05, 4.69) is 25.9 Å². The van der Waals surface area contributed by atoms with Crippen LogP contribution in [0.2, 0.25) is 0 Å². The Bertz CT molecular complexity index is 1420. The molecule has 4 rings (SSSR count). The molecule has 0 unspecified atom stereocenters. The lowest BCUT2D eigenvalue weighted by molar-refractivity contribution is -0.138. The van der Waals surface area contributed by atoms with Crippen LogP contribution in [-0.2, 0) is 16.1 Å². The van der Waals surface area contributed by atoms with Crippen molar-refractivity contribution in [3.8, 4) is 0 Å². The first-order valence-electron chi connectivity index (χ1n) is 10.8. The minimum Gasteiger partial charge on any atom is -0.481 e. The first kappa shape index (κ1) is 24.5. The monoisotopic (exact) mass is 503 g/mol. The number of aldehydes is 1. The van der Waals surface area contributed by atoms with E-state index in [4.69, 9.17) is 5.11 Å². The van der Waals surface area contributed by atoms with E-state index in [9.17, 15) is 19.2 Å². The van der Waals surface area contributed by atoms with E-state index in [1.54, 1.807) is 41.9 Å². The van der Waals surface area contributed by atoms with Gasteiger partial charge in [-0.15, -0.1) is 11.3 Å². The summed E-state index contributed by atoms with van der Waals surface area (Å²) >= 11 is 1.26. The smallest absolute Gasteiger partial charge is 0.305 e. The summed E-state index contributed by atoms with van der Waals surface area (Å²) in [5.74, 6) is -1.44. The number of anilines is 2. The van der Waals surface area contributed by atoms with Gasteiger partial charge in [0, 0.05) is 21.5 Å². The number of rotatable bonds is 10. The predicted molar refractivity (Wildman–Crippen MR) is 134 cm³/mol. The number of nitrogens with one attached hydrogen (secondary N) is 3. The van der Waals surface area contributed by atoms with Crippen molar-refractivity contribution in [3.63, 3.8) is 0 Å². The number of hydrogen-bond acceptors (Lipinski definition) is 8. The van der Waals surface area contributed by atoms with Crippen LogP contribution >= 0.6 is 11.3 Å². The molecule has 4 aromatic rings. The van der Waals surface area contributed by atoms with Gasteiger partial charge in [-0.05, 0) is 42.5 Å². The van der Waals surface area contributed by atoms with Gasteiger partial charge in [-0.25, -0.2) is 4.98 Å². The molecule has 4 N–H and O–H groups in total. The highest BCUT2D eigenvalue weighted by molar-refractivity contribution is 7.10. The number of nitrogens with zero attached hydrogens (tertiary/aromatic N) is 2. The number of aliphatic carboxylic acids is 1. The zero-order valence-corrected chi connectivity index (χ0v) is 19.6. The lowest BCUT2D eigenvalue weighted by Crippen LogP contribution is -2.37. The van der Waals surface area contributed by atoms with Crippen molar-refractivity contribution in [2.24, 2.45) is 0 Å². The van der Waals surface area contributed by atoms with Crippen LogP contribution in [0.3, 0.4) is 0 Å². The van der Waals surface area contributed by atoms with Crippen molar-refractivity contribution < 1.29 is 24.3 Å². The highest BCUT2D eigenvalue weighted by atomic mass is 32.1. The van der Waals surface area contributed by atoms with Gasteiger partial charge < -0.3 is 25.9 Å². The topological polar surface area (TPSA) is 150 Å². The zero-order valence-electron chi connectivity index (χ0n) is 18.8. The standard InChI is InChI=1S/C25H21N5O5S/c31-13-18(10-23(32)33)29-25(35)16-9-19(36-14-16)11-27-24(34)15-5-7-17(8-6-15)28-22-12-26-20-3-1-2-4-21(20)30-22/h1-9,12-14,18H,10-11H2,(H,27,34)(H,28,30)(H,29,35)(H,32,33)/t18-/m0/s1. The molecule has 0 saturated carbocycles. The van der Waals surface area contributed by atoms with Gasteiger partial charge in [0.25, 0.3) is 11.8 Å². The Hall–Kier alpha value is -4.64. The van der Waals surface area contributed by atoms with Gasteiger partial charge in [0.05, 0.1) is 41.8 Å². The van der Waals surface area contributed by atoms with Crippen molar-refractivity contribution in [2.45, 2.75) is 19.0 Å². The van der Waals surface area contributed by atoms with Crippen LogP contribution < -0.4 is 16.0 Å². The number of carboxylic acid groups (broad SMARTS) is 1. The van der Waals surface area contributed by atoms with Gasteiger partial charge in [-0.2, -0.15) is 0 Å². The van der Waals surface area contributed by atoms with E-state index in [1.165, 1.54) is 11.3 Å². The number of benzene rings is 2. The molecule has 0 aliphatic carbocycles. The van der Waals surface area contributed by atoms with E-state index < -0.39 is 24.3 Å². The van der Waals surface area contributed by atoms with Gasteiger partial charge in [0.1, 0.15) is 12.1 Å². The lowest BCUT2D eigenvalue weighted by Gasteiger charge is -2.09. The number of thiophene rings is 1. The fourth-order valence-corrected chi connectivity index (χ4v) is 4.11. The van der Waals surface area contributed by atoms with E-state index in [0.717, 1.165) is 21.6 Å². The summed E-state index contributed by atoms with van der Waals surface area (Å²) in [6.45, 7) is 0.204. The summed E-state index contributed by atoms with van der Waals surface area (Å²) < 4.78 is 0. The van der Waals surface area contributed by atoms with Crippen LogP contribution in [0.15, 0.2) is 66.2 Å². The summed E-state index contributed by atoms with van der Waals surface area (Å²) in [5, 5.41) is 18.7. The van der Waals surface area contributed by atoms with Gasteiger partial charge in [0.2, 0.25) is 0 Å². The third-order valence-corrected chi connectivity index (χ3v) is 6.02. The molecule has 0 bridgehead atoms.